The second-order valence-corrected chi connectivity index (χ2v) is 6.82. The van der Waals surface area contributed by atoms with Gasteiger partial charge in [0, 0.05) is 12.7 Å². The molecule has 0 atom stereocenters. The highest BCUT2D eigenvalue weighted by Crippen LogP contribution is 2.08. The summed E-state index contributed by atoms with van der Waals surface area (Å²) in [6, 6.07) is 12.7. The van der Waals surface area contributed by atoms with E-state index < -0.39 is 11.2 Å². The summed E-state index contributed by atoms with van der Waals surface area (Å²) >= 11 is 0. The number of amides is 1. The number of carbonyl (C=O) groups is 1. The predicted octanol–water partition coefficient (Wildman–Crippen LogP) is 1.34. The van der Waals surface area contributed by atoms with Crippen LogP contribution in [0.4, 0.5) is 0 Å². The van der Waals surface area contributed by atoms with Crippen LogP contribution in [0.25, 0.3) is 11.0 Å². The van der Waals surface area contributed by atoms with Crippen LogP contribution in [0.1, 0.15) is 18.2 Å². The van der Waals surface area contributed by atoms with E-state index in [9.17, 15) is 14.4 Å². The maximum Gasteiger partial charge on any atom is 0.332 e. The molecule has 0 radical (unpaired) electrons. The summed E-state index contributed by atoms with van der Waals surface area (Å²) in [5.41, 5.74) is 0.272. The van der Waals surface area contributed by atoms with Gasteiger partial charge in [-0.15, -0.1) is 0 Å². The molecule has 0 aliphatic heterocycles. The summed E-state index contributed by atoms with van der Waals surface area (Å²) in [5.74, 6) is 0.234. The van der Waals surface area contributed by atoms with E-state index in [-0.39, 0.29) is 31.1 Å². The molecule has 0 bridgehead atoms. The molecule has 0 spiro atoms. The molecular formula is C21H21N5O4. The van der Waals surface area contributed by atoms with E-state index in [1.165, 1.54) is 10.8 Å². The van der Waals surface area contributed by atoms with Crippen LogP contribution < -0.4 is 16.6 Å². The number of hydrogen-bond acceptors (Lipinski definition) is 5. The second-order valence-electron chi connectivity index (χ2n) is 6.82. The van der Waals surface area contributed by atoms with Gasteiger partial charge in [-0.25, -0.2) is 4.79 Å². The topological polar surface area (TPSA) is 104 Å². The lowest BCUT2D eigenvalue weighted by Gasteiger charge is -2.11. The van der Waals surface area contributed by atoms with Crippen LogP contribution in [0, 0.1) is 0 Å². The molecule has 0 saturated heterocycles. The van der Waals surface area contributed by atoms with Crippen molar-refractivity contribution < 1.29 is 9.21 Å². The summed E-state index contributed by atoms with van der Waals surface area (Å²) in [6.45, 7) is 2.49. The second kappa shape index (κ2) is 8.24. The highest BCUT2D eigenvalue weighted by Gasteiger charge is 2.18. The molecule has 0 aliphatic carbocycles. The lowest BCUT2D eigenvalue weighted by atomic mass is 10.2. The number of carbonyl (C=O) groups excluding carboxylic acids is 1. The first-order valence-corrected chi connectivity index (χ1v) is 9.60. The van der Waals surface area contributed by atoms with E-state index in [2.05, 4.69) is 10.4 Å². The summed E-state index contributed by atoms with van der Waals surface area (Å²) in [4.78, 5) is 38.6. The van der Waals surface area contributed by atoms with Gasteiger partial charge in [-0.1, -0.05) is 30.3 Å². The van der Waals surface area contributed by atoms with Gasteiger partial charge in [0.05, 0.1) is 24.9 Å². The number of aromatic nitrogens is 4. The number of aryl methyl sites for hydroxylation is 1. The van der Waals surface area contributed by atoms with E-state index in [4.69, 9.17) is 4.42 Å². The van der Waals surface area contributed by atoms with Crippen molar-refractivity contribution in [2.45, 2.75) is 33.1 Å². The number of fused-ring (bicyclic) bond motifs is 1. The van der Waals surface area contributed by atoms with E-state index in [1.54, 1.807) is 23.0 Å². The molecule has 0 saturated carbocycles. The minimum Gasteiger partial charge on any atom is -0.467 e. The van der Waals surface area contributed by atoms with Crippen LogP contribution >= 0.6 is 0 Å². The van der Waals surface area contributed by atoms with Crippen molar-refractivity contribution >= 4 is 16.9 Å². The fourth-order valence-electron chi connectivity index (χ4n) is 3.24. The lowest BCUT2D eigenvalue weighted by Crippen LogP contribution is -2.42. The van der Waals surface area contributed by atoms with Gasteiger partial charge in [-0.05, 0) is 24.6 Å². The molecule has 30 heavy (non-hydrogen) atoms. The first kappa shape index (κ1) is 19.4. The van der Waals surface area contributed by atoms with Gasteiger partial charge in [0.2, 0.25) is 5.91 Å². The Hall–Kier alpha value is -3.88. The first-order chi connectivity index (χ1) is 14.6. The Morgan fingerprint density at radius 1 is 1.10 bits per heavy atom. The SMILES string of the molecule is CCn1cc2c(n1)c(=O)n(Cc1ccccc1)c(=O)n2CC(=O)NCc1ccco1. The zero-order valence-corrected chi connectivity index (χ0v) is 16.4. The molecule has 3 heterocycles. The zero-order valence-electron chi connectivity index (χ0n) is 16.4. The van der Waals surface area contributed by atoms with Crippen molar-refractivity contribution in [1.29, 1.82) is 0 Å². The molecule has 3 aromatic heterocycles. The number of benzene rings is 1. The predicted molar refractivity (Wildman–Crippen MR) is 110 cm³/mol. The number of furan rings is 1. The molecule has 1 N–H and O–H groups in total. The van der Waals surface area contributed by atoms with E-state index >= 15 is 0 Å². The van der Waals surface area contributed by atoms with Gasteiger partial charge in [0.25, 0.3) is 5.56 Å². The summed E-state index contributed by atoms with van der Waals surface area (Å²) in [6.07, 6.45) is 3.14. The van der Waals surface area contributed by atoms with Crippen molar-refractivity contribution in [3.63, 3.8) is 0 Å². The van der Waals surface area contributed by atoms with Crippen molar-refractivity contribution in [2.24, 2.45) is 0 Å². The average molecular weight is 407 g/mol. The minimum absolute atomic E-state index is 0.0987. The summed E-state index contributed by atoms with van der Waals surface area (Å²) < 4.78 is 9.19. The maximum absolute atomic E-state index is 13.2. The molecule has 4 aromatic rings. The van der Waals surface area contributed by atoms with Gasteiger partial charge in [0.1, 0.15) is 12.3 Å². The molecule has 1 amide bonds. The standard InChI is InChI=1S/C21H21N5O4/c1-2-24-13-17-19(23-24)20(28)26(12-15-7-4-3-5-8-15)21(29)25(17)14-18(27)22-11-16-9-6-10-30-16/h3-10,13H,2,11-12,14H2,1H3,(H,22,27). The molecular weight excluding hydrogens is 386 g/mol. The normalized spacial score (nSPS) is 11.1. The fourth-order valence-corrected chi connectivity index (χ4v) is 3.24. The molecule has 9 nitrogen and oxygen atoms in total. The fraction of sp³-hybridized carbons (Fsp3) is 0.238. The van der Waals surface area contributed by atoms with Crippen LogP contribution in [0.2, 0.25) is 0 Å². The third-order valence-electron chi connectivity index (χ3n) is 4.79. The third-order valence-corrected chi connectivity index (χ3v) is 4.79. The lowest BCUT2D eigenvalue weighted by molar-refractivity contribution is -0.121. The monoisotopic (exact) mass is 407 g/mol. The number of rotatable bonds is 7. The largest absolute Gasteiger partial charge is 0.467 e. The van der Waals surface area contributed by atoms with Gasteiger partial charge in [-0.2, -0.15) is 5.10 Å². The Morgan fingerprint density at radius 3 is 2.60 bits per heavy atom. The van der Waals surface area contributed by atoms with Crippen LogP contribution in [0.3, 0.4) is 0 Å². The van der Waals surface area contributed by atoms with Gasteiger partial charge >= 0.3 is 5.69 Å². The van der Waals surface area contributed by atoms with Crippen LogP contribution in [-0.4, -0.2) is 24.8 Å². The highest BCUT2D eigenvalue weighted by molar-refractivity contribution is 5.79. The molecule has 0 aliphatic rings. The van der Waals surface area contributed by atoms with E-state index in [0.29, 0.717) is 17.8 Å². The average Bonchev–Trinajstić information content (AvgIpc) is 3.43. The highest BCUT2D eigenvalue weighted by atomic mass is 16.3. The summed E-state index contributed by atoms with van der Waals surface area (Å²) in [5, 5.41) is 7.03. The Morgan fingerprint density at radius 2 is 1.90 bits per heavy atom. The van der Waals surface area contributed by atoms with E-state index in [1.807, 2.05) is 37.3 Å². The number of hydrogen-bond donors (Lipinski definition) is 1. The van der Waals surface area contributed by atoms with Gasteiger partial charge < -0.3 is 9.73 Å². The van der Waals surface area contributed by atoms with Crippen LogP contribution in [0.5, 0.6) is 0 Å². The zero-order chi connectivity index (χ0) is 21.1. The van der Waals surface area contributed by atoms with Crippen LogP contribution in [0.15, 0.2) is 68.9 Å². The van der Waals surface area contributed by atoms with Crippen molar-refractivity contribution in [1.82, 2.24) is 24.2 Å². The van der Waals surface area contributed by atoms with Crippen LogP contribution in [-0.2, 0) is 31.0 Å². The Balaban J connectivity index is 1.73. The van der Waals surface area contributed by atoms with Crippen molar-refractivity contribution in [3.8, 4) is 0 Å². The van der Waals surface area contributed by atoms with Gasteiger partial charge in [0.15, 0.2) is 5.52 Å². The minimum atomic E-state index is -0.555. The van der Waals surface area contributed by atoms with Crippen molar-refractivity contribution in [3.05, 3.63) is 87.1 Å². The molecule has 154 valence electrons. The van der Waals surface area contributed by atoms with Gasteiger partial charge in [-0.3, -0.25) is 23.4 Å². The Kier molecular flexibility index (Phi) is 5.34. The third kappa shape index (κ3) is 3.82. The molecule has 9 heteroatoms. The smallest absolute Gasteiger partial charge is 0.332 e. The van der Waals surface area contributed by atoms with E-state index in [0.717, 1.165) is 10.1 Å². The molecule has 0 fully saturated rings. The molecule has 1 aromatic carbocycles. The summed E-state index contributed by atoms with van der Waals surface area (Å²) in [7, 11) is 0. The maximum atomic E-state index is 13.2. The quantitative estimate of drug-likeness (QED) is 0.498. The molecule has 0 unspecified atom stereocenters. The Bertz CT molecular complexity index is 1280. The number of nitrogens with zero attached hydrogens (tertiary/aromatic N) is 4. The van der Waals surface area contributed by atoms with Crippen molar-refractivity contribution in [2.75, 3.05) is 0 Å². The molecule has 4 rings (SSSR count). The first-order valence-electron chi connectivity index (χ1n) is 9.60. The number of nitrogens with one attached hydrogen (secondary N) is 1. The Labute approximate surface area is 171 Å².